The third-order valence-corrected chi connectivity index (χ3v) is 5.66. The van der Waals surface area contributed by atoms with Crippen molar-refractivity contribution in [2.45, 2.75) is 6.04 Å². The average Bonchev–Trinajstić information content (AvgIpc) is 3.35. The number of aromatic nitrogens is 1. The Balaban J connectivity index is 1.94. The number of rotatable bonds is 7. The molecule has 1 aliphatic heterocycles. The summed E-state index contributed by atoms with van der Waals surface area (Å²) in [5, 5.41) is 12.1. The van der Waals surface area contributed by atoms with E-state index in [0.29, 0.717) is 22.6 Å². The Bertz CT molecular complexity index is 1210. The van der Waals surface area contributed by atoms with Crippen molar-refractivity contribution in [1.29, 1.82) is 0 Å². The molecule has 1 saturated heterocycles. The Labute approximate surface area is 185 Å². The molecular formula is C24H24N2O6. The van der Waals surface area contributed by atoms with Crippen LogP contribution in [0, 0.1) is 0 Å². The van der Waals surface area contributed by atoms with E-state index in [9.17, 15) is 14.7 Å². The number of carbonyl (C=O) groups excluding carboxylic acids is 2. The number of ether oxygens (including phenoxy) is 3. The molecule has 0 aliphatic carbocycles. The Morgan fingerprint density at radius 1 is 1.09 bits per heavy atom. The number of H-pyrrole nitrogens is 1. The molecule has 1 amide bonds. The number of para-hydroxylation sites is 1. The fourth-order valence-corrected chi connectivity index (χ4v) is 4.08. The topological polar surface area (TPSA) is 101 Å². The van der Waals surface area contributed by atoms with Gasteiger partial charge in [-0.3, -0.25) is 9.59 Å². The number of nitrogens with zero attached hydrogens (tertiary/aromatic N) is 1. The summed E-state index contributed by atoms with van der Waals surface area (Å²) in [6.07, 6.45) is 1.76. The number of benzene rings is 2. The standard InChI is InChI=1S/C24H24N2O6/c1-30-11-10-26-21(17-13-25-18-7-5-4-6-15(17)18)20(23(28)24(26)29)22(27)16-9-8-14(31-2)12-19(16)32-3/h4-9,12-13,21,25,27H,10-11H2,1-3H3/b22-20+. The van der Waals surface area contributed by atoms with Gasteiger partial charge < -0.3 is 29.2 Å². The number of hydrogen-bond donors (Lipinski definition) is 2. The van der Waals surface area contributed by atoms with Crippen LogP contribution in [0.15, 0.2) is 54.2 Å². The van der Waals surface area contributed by atoms with Gasteiger partial charge in [0.25, 0.3) is 11.7 Å². The molecule has 3 aromatic rings. The van der Waals surface area contributed by atoms with Crippen molar-refractivity contribution >= 4 is 28.4 Å². The molecule has 0 radical (unpaired) electrons. The molecular weight excluding hydrogens is 412 g/mol. The summed E-state index contributed by atoms with van der Waals surface area (Å²) < 4.78 is 15.8. The highest BCUT2D eigenvalue weighted by molar-refractivity contribution is 6.46. The van der Waals surface area contributed by atoms with Crippen LogP contribution in [0.1, 0.15) is 17.2 Å². The van der Waals surface area contributed by atoms with Crippen LogP contribution < -0.4 is 9.47 Å². The Morgan fingerprint density at radius 3 is 2.59 bits per heavy atom. The monoisotopic (exact) mass is 436 g/mol. The third kappa shape index (κ3) is 3.48. The molecule has 8 nitrogen and oxygen atoms in total. The van der Waals surface area contributed by atoms with Crippen LogP contribution in [0.5, 0.6) is 11.5 Å². The maximum Gasteiger partial charge on any atom is 0.295 e. The summed E-state index contributed by atoms with van der Waals surface area (Å²) in [7, 11) is 4.51. The summed E-state index contributed by atoms with van der Waals surface area (Å²) in [5.74, 6) is -0.897. The van der Waals surface area contributed by atoms with Crippen LogP contribution in [-0.4, -0.2) is 61.2 Å². The van der Waals surface area contributed by atoms with E-state index in [1.807, 2.05) is 24.3 Å². The fraction of sp³-hybridized carbons (Fsp3) is 0.250. The summed E-state index contributed by atoms with van der Waals surface area (Å²) in [5.41, 5.74) is 1.87. The number of likely N-dealkylation sites (tertiary alicyclic amines) is 1. The number of aliphatic hydroxyl groups excluding tert-OH is 1. The van der Waals surface area contributed by atoms with Crippen molar-refractivity contribution in [1.82, 2.24) is 9.88 Å². The van der Waals surface area contributed by atoms with Gasteiger partial charge in [0.2, 0.25) is 0 Å². The molecule has 4 rings (SSSR count). The molecule has 1 fully saturated rings. The van der Waals surface area contributed by atoms with E-state index in [0.717, 1.165) is 10.9 Å². The summed E-state index contributed by atoms with van der Waals surface area (Å²) in [6, 6.07) is 11.7. The van der Waals surface area contributed by atoms with Crippen molar-refractivity contribution in [2.24, 2.45) is 0 Å². The summed E-state index contributed by atoms with van der Waals surface area (Å²) in [4.78, 5) is 30.7. The minimum atomic E-state index is -0.784. The second-order valence-electron chi connectivity index (χ2n) is 7.34. The smallest absolute Gasteiger partial charge is 0.295 e. The van der Waals surface area contributed by atoms with E-state index in [1.54, 1.807) is 24.4 Å². The molecule has 32 heavy (non-hydrogen) atoms. The first-order valence-corrected chi connectivity index (χ1v) is 10.1. The SMILES string of the molecule is COCCN1C(=O)C(=O)/C(=C(/O)c2ccc(OC)cc2OC)C1c1c[nH]c2ccccc12. The van der Waals surface area contributed by atoms with Crippen LogP contribution in [0.25, 0.3) is 16.7 Å². The van der Waals surface area contributed by atoms with Crippen LogP contribution >= 0.6 is 0 Å². The largest absolute Gasteiger partial charge is 0.507 e. The normalized spacial score (nSPS) is 17.8. The highest BCUT2D eigenvalue weighted by Crippen LogP contribution is 2.43. The highest BCUT2D eigenvalue weighted by atomic mass is 16.5. The number of aromatic amines is 1. The lowest BCUT2D eigenvalue weighted by molar-refractivity contribution is -0.140. The van der Waals surface area contributed by atoms with Crippen molar-refractivity contribution in [3.05, 3.63) is 65.4 Å². The number of aliphatic hydroxyl groups is 1. The fourth-order valence-electron chi connectivity index (χ4n) is 4.08. The molecule has 0 spiro atoms. The van der Waals surface area contributed by atoms with Crippen molar-refractivity contribution in [2.75, 3.05) is 34.5 Å². The lowest BCUT2D eigenvalue weighted by atomic mass is 9.94. The van der Waals surface area contributed by atoms with E-state index in [2.05, 4.69) is 4.98 Å². The van der Waals surface area contributed by atoms with E-state index < -0.39 is 17.7 Å². The van der Waals surface area contributed by atoms with Gasteiger partial charge in [0.1, 0.15) is 17.3 Å². The van der Waals surface area contributed by atoms with Gasteiger partial charge in [0, 0.05) is 42.4 Å². The molecule has 8 heteroatoms. The minimum Gasteiger partial charge on any atom is -0.507 e. The van der Waals surface area contributed by atoms with Gasteiger partial charge in [-0.1, -0.05) is 18.2 Å². The van der Waals surface area contributed by atoms with Crippen LogP contribution in [-0.2, 0) is 14.3 Å². The molecule has 166 valence electrons. The van der Waals surface area contributed by atoms with Gasteiger partial charge in [-0.25, -0.2) is 0 Å². The number of ketones is 1. The van der Waals surface area contributed by atoms with Gasteiger partial charge in [-0.05, 0) is 18.2 Å². The zero-order valence-corrected chi connectivity index (χ0v) is 18.0. The van der Waals surface area contributed by atoms with Gasteiger partial charge in [0.15, 0.2) is 0 Å². The minimum absolute atomic E-state index is 0.000627. The van der Waals surface area contributed by atoms with Gasteiger partial charge in [0.05, 0.1) is 38.0 Å². The number of amides is 1. The molecule has 1 unspecified atom stereocenters. The lowest BCUT2D eigenvalue weighted by Crippen LogP contribution is -2.32. The first-order chi connectivity index (χ1) is 15.5. The average molecular weight is 436 g/mol. The molecule has 2 aromatic carbocycles. The molecule has 0 saturated carbocycles. The van der Waals surface area contributed by atoms with Crippen LogP contribution in [0.3, 0.4) is 0 Å². The zero-order chi connectivity index (χ0) is 22.8. The predicted octanol–water partition coefficient (Wildman–Crippen LogP) is 3.25. The molecule has 1 atom stereocenters. The molecule has 2 heterocycles. The van der Waals surface area contributed by atoms with Crippen molar-refractivity contribution in [3.63, 3.8) is 0 Å². The molecule has 1 aliphatic rings. The number of methoxy groups -OCH3 is 3. The molecule has 0 bridgehead atoms. The van der Waals surface area contributed by atoms with E-state index in [4.69, 9.17) is 14.2 Å². The summed E-state index contributed by atoms with van der Waals surface area (Å²) in [6.45, 7) is 0.444. The van der Waals surface area contributed by atoms with Crippen molar-refractivity contribution < 1.29 is 28.9 Å². The Morgan fingerprint density at radius 2 is 1.88 bits per heavy atom. The van der Waals surface area contributed by atoms with E-state index in [1.165, 1.54) is 26.2 Å². The van der Waals surface area contributed by atoms with Crippen molar-refractivity contribution in [3.8, 4) is 11.5 Å². The molecule has 2 N–H and O–H groups in total. The lowest BCUT2D eigenvalue weighted by Gasteiger charge is -2.24. The van der Waals surface area contributed by atoms with E-state index in [-0.39, 0.29) is 24.5 Å². The number of carbonyl (C=O) groups is 2. The highest BCUT2D eigenvalue weighted by Gasteiger charge is 2.46. The second-order valence-corrected chi connectivity index (χ2v) is 7.34. The number of Topliss-reactive ketones (excluding diaryl/α,β-unsaturated/α-hetero) is 1. The molecule has 1 aromatic heterocycles. The maximum atomic E-state index is 13.1. The van der Waals surface area contributed by atoms with Crippen LogP contribution in [0.2, 0.25) is 0 Å². The van der Waals surface area contributed by atoms with Crippen LogP contribution in [0.4, 0.5) is 0 Å². The Kier molecular flexibility index (Phi) is 5.87. The first kappa shape index (κ1) is 21.5. The number of nitrogens with one attached hydrogen (secondary N) is 1. The van der Waals surface area contributed by atoms with Gasteiger partial charge in [-0.15, -0.1) is 0 Å². The van der Waals surface area contributed by atoms with Gasteiger partial charge in [-0.2, -0.15) is 0 Å². The van der Waals surface area contributed by atoms with Gasteiger partial charge >= 0.3 is 0 Å². The maximum absolute atomic E-state index is 13.1. The number of hydrogen-bond acceptors (Lipinski definition) is 6. The first-order valence-electron chi connectivity index (χ1n) is 10.1. The summed E-state index contributed by atoms with van der Waals surface area (Å²) >= 11 is 0. The second kappa shape index (κ2) is 8.76. The Hall–Kier alpha value is -3.78. The quantitative estimate of drug-likeness (QED) is 0.335. The van der Waals surface area contributed by atoms with E-state index >= 15 is 0 Å². The number of fused-ring (bicyclic) bond motifs is 1. The predicted molar refractivity (Wildman–Crippen MR) is 119 cm³/mol. The third-order valence-electron chi connectivity index (χ3n) is 5.66. The zero-order valence-electron chi connectivity index (χ0n) is 18.0.